The van der Waals surface area contributed by atoms with Crippen molar-refractivity contribution in [3.8, 4) is 0 Å². The lowest BCUT2D eigenvalue weighted by Crippen LogP contribution is -2.48. The summed E-state index contributed by atoms with van der Waals surface area (Å²) in [6.45, 7) is 21.4. The van der Waals surface area contributed by atoms with Crippen LogP contribution in [0.4, 0.5) is 4.79 Å². The van der Waals surface area contributed by atoms with Crippen molar-refractivity contribution < 1.29 is 14.0 Å². The van der Waals surface area contributed by atoms with Gasteiger partial charge in [0.25, 0.3) is 0 Å². The fourth-order valence-electron chi connectivity index (χ4n) is 3.40. The van der Waals surface area contributed by atoms with Gasteiger partial charge in [0.1, 0.15) is 5.60 Å². The van der Waals surface area contributed by atoms with Gasteiger partial charge in [-0.15, -0.1) is 0 Å². The summed E-state index contributed by atoms with van der Waals surface area (Å²) in [6.07, 6.45) is 5.71. The highest BCUT2D eigenvalue weighted by Gasteiger charge is 2.40. The van der Waals surface area contributed by atoms with Gasteiger partial charge in [0, 0.05) is 11.6 Å². The van der Waals surface area contributed by atoms with Crippen LogP contribution in [0.1, 0.15) is 87.5 Å². The predicted octanol–water partition coefficient (Wildman–Crippen LogP) is 6.26. The molecule has 0 atom stereocenters. The van der Waals surface area contributed by atoms with E-state index in [4.69, 9.17) is 9.16 Å². The van der Waals surface area contributed by atoms with E-state index >= 15 is 0 Å². The van der Waals surface area contributed by atoms with E-state index < -0.39 is 13.9 Å². The van der Waals surface area contributed by atoms with E-state index in [9.17, 15) is 4.79 Å². The molecule has 1 rings (SSSR count). The van der Waals surface area contributed by atoms with Crippen LogP contribution in [0.25, 0.3) is 0 Å². The maximum Gasteiger partial charge on any atom is 0.408 e. The lowest BCUT2D eigenvalue weighted by Gasteiger charge is -2.42. The zero-order valence-corrected chi connectivity index (χ0v) is 19.9. The topological polar surface area (TPSA) is 47.6 Å². The van der Waals surface area contributed by atoms with Crippen LogP contribution in [-0.4, -0.2) is 31.7 Å². The lowest BCUT2D eigenvalue weighted by atomic mass is 9.80. The maximum atomic E-state index is 12.1. The molecular formula is C21H43NO3Si. The number of nitrogens with one attached hydrogen (secondary N) is 1. The van der Waals surface area contributed by atoms with Crippen molar-refractivity contribution >= 4 is 14.4 Å². The summed E-state index contributed by atoms with van der Waals surface area (Å²) in [6, 6.07) is 0. The molecule has 0 aromatic rings. The zero-order chi connectivity index (χ0) is 20.4. The molecule has 26 heavy (non-hydrogen) atoms. The van der Waals surface area contributed by atoms with Gasteiger partial charge in [0.2, 0.25) is 0 Å². The van der Waals surface area contributed by atoms with E-state index in [1.54, 1.807) is 0 Å². The van der Waals surface area contributed by atoms with E-state index in [1.807, 2.05) is 20.8 Å². The van der Waals surface area contributed by atoms with E-state index in [-0.39, 0.29) is 16.7 Å². The second-order valence-corrected chi connectivity index (χ2v) is 16.0. The Balaban J connectivity index is 2.47. The van der Waals surface area contributed by atoms with Crippen LogP contribution in [-0.2, 0) is 9.16 Å². The summed E-state index contributed by atoms with van der Waals surface area (Å²) in [5, 5.41) is 3.31. The van der Waals surface area contributed by atoms with Crippen molar-refractivity contribution in [3.05, 3.63) is 0 Å². The van der Waals surface area contributed by atoms with Crippen LogP contribution in [0.15, 0.2) is 0 Å². The van der Waals surface area contributed by atoms with Gasteiger partial charge in [-0.05, 0) is 90.8 Å². The first-order valence-corrected chi connectivity index (χ1v) is 13.1. The zero-order valence-electron chi connectivity index (χ0n) is 18.9. The summed E-state index contributed by atoms with van der Waals surface area (Å²) in [5.74, 6) is 0.638. The van der Waals surface area contributed by atoms with Crippen molar-refractivity contribution in [3.63, 3.8) is 0 Å². The Morgan fingerprint density at radius 2 is 1.46 bits per heavy atom. The highest BCUT2D eigenvalue weighted by atomic mass is 28.4. The van der Waals surface area contributed by atoms with E-state index in [0.717, 1.165) is 19.3 Å². The Bertz CT molecular complexity index is 467. The number of alkyl carbamates (subject to hydrolysis) is 1. The lowest BCUT2D eigenvalue weighted by molar-refractivity contribution is 0.0443. The second-order valence-electron chi connectivity index (χ2n) is 11.2. The van der Waals surface area contributed by atoms with Gasteiger partial charge in [-0.2, -0.15) is 0 Å². The molecule has 0 aliphatic heterocycles. The standard InChI is InChI=1S/C21H43NO3Si/c1-19(2,3)24-18(23)22-21(7,8)15-16-11-13-17(14-12-16)25-26(9,10)20(4,5)6/h16-17H,11-15H2,1-10H3,(H,22,23). The normalized spacial score (nSPS) is 22.8. The molecule has 154 valence electrons. The number of rotatable bonds is 5. The summed E-state index contributed by atoms with van der Waals surface area (Å²) in [4.78, 5) is 12.1. The second kappa shape index (κ2) is 8.22. The minimum Gasteiger partial charge on any atom is -0.444 e. The van der Waals surface area contributed by atoms with Gasteiger partial charge in [0.05, 0.1) is 0 Å². The molecule has 1 N–H and O–H groups in total. The van der Waals surface area contributed by atoms with Crippen LogP contribution < -0.4 is 5.32 Å². The van der Waals surface area contributed by atoms with Crippen LogP contribution in [0.5, 0.6) is 0 Å². The van der Waals surface area contributed by atoms with Crippen molar-refractivity contribution in [1.29, 1.82) is 0 Å². The monoisotopic (exact) mass is 385 g/mol. The molecule has 0 saturated heterocycles. The van der Waals surface area contributed by atoms with Crippen molar-refractivity contribution in [2.45, 2.75) is 123 Å². The molecule has 0 bridgehead atoms. The van der Waals surface area contributed by atoms with Crippen molar-refractivity contribution in [2.24, 2.45) is 5.92 Å². The third-order valence-corrected chi connectivity index (χ3v) is 10.2. The van der Waals surface area contributed by atoms with Gasteiger partial charge in [-0.1, -0.05) is 20.8 Å². The molecule has 0 spiro atoms. The molecule has 0 heterocycles. The first-order chi connectivity index (χ1) is 11.5. The molecule has 4 nitrogen and oxygen atoms in total. The molecule has 0 aromatic heterocycles. The first-order valence-electron chi connectivity index (χ1n) is 10.2. The third kappa shape index (κ3) is 7.99. The Labute approximate surface area is 162 Å². The van der Waals surface area contributed by atoms with Gasteiger partial charge in [-0.25, -0.2) is 4.79 Å². The highest BCUT2D eigenvalue weighted by molar-refractivity contribution is 6.74. The fourth-order valence-corrected chi connectivity index (χ4v) is 4.82. The van der Waals surface area contributed by atoms with Crippen LogP contribution in [0, 0.1) is 5.92 Å². The minimum absolute atomic E-state index is 0.250. The predicted molar refractivity (Wildman–Crippen MR) is 112 cm³/mol. The first kappa shape index (κ1) is 23.5. The van der Waals surface area contributed by atoms with Crippen LogP contribution in [0.2, 0.25) is 18.1 Å². The van der Waals surface area contributed by atoms with Gasteiger partial charge >= 0.3 is 6.09 Å². The summed E-state index contributed by atoms with van der Waals surface area (Å²) in [7, 11) is -1.68. The summed E-state index contributed by atoms with van der Waals surface area (Å²) < 4.78 is 12.0. The highest BCUT2D eigenvalue weighted by Crippen LogP contribution is 2.40. The van der Waals surface area contributed by atoms with Gasteiger partial charge < -0.3 is 14.5 Å². The molecule has 1 fully saturated rings. The number of amides is 1. The molecule has 1 aliphatic rings. The fraction of sp³-hybridized carbons (Fsp3) is 0.952. The Morgan fingerprint density at radius 1 is 0.962 bits per heavy atom. The number of hydrogen-bond donors (Lipinski definition) is 1. The molecule has 1 saturated carbocycles. The quantitative estimate of drug-likeness (QED) is 0.568. The van der Waals surface area contributed by atoms with Crippen LogP contribution >= 0.6 is 0 Å². The van der Waals surface area contributed by atoms with E-state index in [2.05, 4.69) is 53.0 Å². The summed E-state index contributed by atoms with van der Waals surface area (Å²) >= 11 is 0. The van der Waals surface area contributed by atoms with Crippen molar-refractivity contribution in [2.75, 3.05) is 0 Å². The van der Waals surface area contributed by atoms with E-state index in [1.165, 1.54) is 12.8 Å². The largest absolute Gasteiger partial charge is 0.444 e. The van der Waals surface area contributed by atoms with Crippen molar-refractivity contribution in [1.82, 2.24) is 5.32 Å². The molecule has 5 heteroatoms. The molecule has 1 amide bonds. The average Bonchev–Trinajstić information content (AvgIpc) is 2.35. The molecular weight excluding hydrogens is 342 g/mol. The van der Waals surface area contributed by atoms with Gasteiger partial charge in [-0.3, -0.25) is 0 Å². The number of carbonyl (C=O) groups excluding carboxylic acids is 1. The average molecular weight is 386 g/mol. The SMILES string of the molecule is CC(C)(CC1CCC(O[Si](C)(C)C(C)(C)C)CC1)NC(=O)OC(C)(C)C. The van der Waals surface area contributed by atoms with E-state index in [0.29, 0.717) is 12.0 Å². The molecule has 1 aliphatic carbocycles. The minimum atomic E-state index is -1.68. The Morgan fingerprint density at radius 3 is 1.88 bits per heavy atom. The van der Waals surface area contributed by atoms with Gasteiger partial charge in [0.15, 0.2) is 8.32 Å². The molecule has 0 unspecified atom stereocenters. The smallest absolute Gasteiger partial charge is 0.408 e. The molecule has 0 aromatic carbocycles. The number of carbonyl (C=O) groups is 1. The Hall–Kier alpha value is -0.553. The summed E-state index contributed by atoms with van der Waals surface area (Å²) in [5.41, 5.74) is -0.709. The third-order valence-electron chi connectivity index (χ3n) is 5.70. The van der Waals surface area contributed by atoms with Crippen LogP contribution in [0.3, 0.4) is 0 Å². The number of ether oxygens (including phenoxy) is 1. The Kier molecular flexibility index (Phi) is 7.42. The maximum absolute atomic E-state index is 12.1. The number of hydrogen-bond acceptors (Lipinski definition) is 3. The molecule has 0 radical (unpaired) electrons.